The van der Waals surface area contributed by atoms with Crippen LogP contribution in [-0.2, 0) is 0 Å². The fraction of sp³-hybridized carbons (Fsp3) is 0.385. The van der Waals surface area contributed by atoms with Crippen molar-refractivity contribution in [2.24, 2.45) is 5.73 Å². The summed E-state index contributed by atoms with van der Waals surface area (Å²) in [5, 5.41) is 4.08. The minimum Gasteiger partial charge on any atom is -0.339 e. The second kappa shape index (κ2) is 4.74. The summed E-state index contributed by atoms with van der Waals surface area (Å²) in [7, 11) is 0. The Kier molecular flexibility index (Phi) is 3.09. The number of aryl methyl sites for hydroxylation is 1. The van der Waals surface area contributed by atoms with E-state index in [1.54, 1.807) is 0 Å². The van der Waals surface area contributed by atoms with Crippen LogP contribution in [0.2, 0.25) is 0 Å². The van der Waals surface area contributed by atoms with Crippen molar-refractivity contribution in [3.8, 4) is 11.4 Å². The molecule has 0 saturated carbocycles. The van der Waals surface area contributed by atoms with Crippen molar-refractivity contribution in [2.45, 2.75) is 18.9 Å². The van der Waals surface area contributed by atoms with Gasteiger partial charge in [-0.1, -0.05) is 29.4 Å². The van der Waals surface area contributed by atoms with Crippen molar-refractivity contribution in [3.05, 3.63) is 35.7 Å². The Morgan fingerprint density at radius 3 is 2.89 bits per heavy atom. The molecular formula is C13H15N3OS. The normalized spacial score (nSPS) is 23.4. The molecule has 3 rings (SSSR count). The van der Waals surface area contributed by atoms with E-state index in [9.17, 15) is 0 Å². The van der Waals surface area contributed by atoms with Gasteiger partial charge in [-0.05, 0) is 12.5 Å². The molecule has 1 saturated heterocycles. The predicted octanol–water partition coefficient (Wildman–Crippen LogP) is 2.20. The van der Waals surface area contributed by atoms with Crippen LogP contribution in [0.15, 0.2) is 28.8 Å². The monoisotopic (exact) mass is 261 g/mol. The van der Waals surface area contributed by atoms with E-state index in [4.69, 9.17) is 10.3 Å². The Hall–Kier alpha value is -1.33. The fourth-order valence-electron chi connectivity index (χ4n) is 2.14. The van der Waals surface area contributed by atoms with E-state index >= 15 is 0 Å². The van der Waals surface area contributed by atoms with Crippen LogP contribution in [0.1, 0.15) is 17.4 Å². The van der Waals surface area contributed by atoms with Crippen molar-refractivity contribution in [1.29, 1.82) is 0 Å². The minimum absolute atomic E-state index is 0.125. The molecule has 1 fully saturated rings. The van der Waals surface area contributed by atoms with Crippen molar-refractivity contribution in [3.63, 3.8) is 0 Å². The average molecular weight is 261 g/mol. The van der Waals surface area contributed by atoms with Crippen LogP contribution < -0.4 is 5.73 Å². The van der Waals surface area contributed by atoms with Crippen molar-refractivity contribution < 1.29 is 4.52 Å². The van der Waals surface area contributed by atoms with E-state index in [0.29, 0.717) is 11.7 Å². The molecule has 2 unspecified atom stereocenters. The lowest BCUT2D eigenvalue weighted by molar-refractivity contribution is 0.352. The Labute approximate surface area is 110 Å². The first-order valence-corrected chi connectivity index (χ1v) is 7.14. The number of hydrogen-bond donors (Lipinski definition) is 1. The zero-order valence-electron chi connectivity index (χ0n) is 10.2. The highest BCUT2D eigenvalue weighted by atomic mass is 32.2. The number of benzene rings is 1. The Bertz CT molecular complexity index is 555. The first-order chi connectivity index (χ1) is 8.75. The van der Waals surface area contributed by atoms with Crippen LogP contribution in [-0.4, -0.2) is 27.7 Å². The van der Waals surface area contributed by atoms with Gasteiger partial charge in [0, 0.05) is 23.1 Å². The van der Waals surface area contributed by atoms with E-state index in [0.717, 1.165) is 22.6 Å². The molecule has 18 heavy (non-hydrogen) atoms. The van der Waals surface area contributed by atoms with E-state index in [1.807, 2.05) is 43.0 Å². The van der Waals surface area contributed by atoms with Crippen molar-refractivity contribution >= 4 is 11.8 Å². The van der Waals surface area contributed by atoms with Crippen LogP contribution in [0.25, 0.3) is 11.4 Å². The average Bonchev–Trinajstić information content (AvgIpc) is 2.98. The molecule has 0 spiro atoms. The first-order valence-electron chi connectivity index (χ1n) is 5.98. The molecule has 1 aliphatic heterocycles. The van der Waals surface area contributed by atoms with Crippen molar-refractivity contribution in [1.82, 2.24) is 10.1 Å². The summed E-state index contributed by atoms with van der Waals surface area (Å²) >= 11 is 1.84. The number of hydrogen-bond acceptors (Lipinski definition) is 5. The van der Waals surface area contributed by atoms with Gasteiger partial charge in [0.05, 0.1) is 5.92 Å². The molecule has 0 radical (unpaired) electrons. The highest BCUT2D eigenvalue weighted by molar-refractivity contribution is 7.99. The molecule has 5 heteroatoms. The Morgan fingerprint density at radius 1 is 1.33 bits per heavy atom. The smallest absolute Gasteiger partial charge is 0.232 e. The van der Waals surface area contributed by atoms with Crippen LogP contribution in [0, 0.1) is 6.92 Å². The molecule has 1 aromatic carbocycles. The van der Waals surface area contributed by atoms with Crippen LogP contribution in [0.5, 0.6) is 0 Å². The van der Waals surface area contributed by atoms with Crippen molar-refractivity contribution in [2.75, 3.05) is 11.5 Å². The molecule has 0 amide bonds. The number of aromatic nitrogens is 2. The van der Waals surface area contributed by atoms with Gasteiger partial charge in [0.2, 0.25) is 11.7 Å². The predicted molar refractivity (Wildman–Crippen MR) is 72.5 cm³/mol. The van der Waals surface area contributed by atoms with Gasteiger partial charge < -0.3 is 10.3 Å². The number of nitrogens with two attached hydrogens (primary N) is 1. The second-order valence-electron chi connectivity index (χ2n) is 4.58. The van der Waals surface area contributed by atoms with E-state index in [-0.39, 0.29) is 12.0 Å². The summed E-state index contributed by atoms with van der Waals surface area (Å²) in [6.07, 6.45) is 0. The van der Waals surface area contributed by atoms with E-state index < -0.39 is 0 Å². The van der Waals surface area contributed by atoms with Gasteiger partial charge in [-0.2, -0.15) is 16.7 Å². The van der Waals surface area contributed by atoms with E-state index in [1.165, 1.54) is 0 Å². The lowest BCUT2D eigenvalue weighted by Crippen LogP contribution is -2.26. The fourth-order valence-corrected chi connectivity index (χ4v) is 3.43. The summed E-state index contributed by atoms with van der Waals surface area (Å²) in [6, 6.07) is 8.16. The van der Waals surface area contributed by atoms with Gasteiger partial charge in [-0.3, -0.25) is 0 Å². The highest BCUT2D eigenvalue weighted by Crippen LogP contribution is 2.32. The molecule has 2 aromatic rings. The highest BCUT2D eigenvalue weighted by Gasteiger charge is 2.31. The third kappa shape index (κ3) is 2.04. The number of thioether (sulfide) groups is 1. The Morgan fingerprint density at radius 2 is 2.17 bits per heavy atom. The lowest BCUT2D eigenvalue weighted by atomic mass is 10.1. The molecule has 0 bridgehead atoms. The maximum atomic E-state index is 6.04. The quantitative estimate of drug-likeness (QED) is 0.897. The SMILES string of the molecule is Cc1ccccc1-c1noc(C2CSCC2N)n1. The molecule has 1 aromatic heterocycles. The maximum Gasteiger partial charge on any atom is 0.232 e. The van der Waals surface area contributed by atoms with Gasteiger partial charge in [0.25, 0.3) is 0 Å². The van der Waals surface area contributed by atoms with Gasteiger partial charge in [-0.15, -0.1) is 0 Å². The topological polar surface area (TPSA) is 64.9 Å². The van der Waals surface area contributed by atoms with Gasteiger partial charge in [-0.25, -0.2) is 0 Å². The third-order valence-corrected chi connectivity index (χ3v) is 4.48. The first kappa shape index (κ1) is 11.7. The number of rotatable bonds is 2. The second-order valence-corrected chi connectivity index (χ2v) is 5.65. The van der Waals surface area contributed by atoms with Gasteiger partial charge >= 0.3 is 0 Å². The van der Waals surface area contributed by atoms with E-state index in [2.05, 4.69) is 10.1 Å². The van der Waals surface area contributed by atoms with Crippen LogP contribution in [0.4, 0.5) is 0 Å². The summed E-state index contributed by atoms with van der Waals surface area (Å²) in [5.74, 6) is 3.46. The summed E-state index contributed by atoms with van der Waals surface area (Å²) in [5.41, 5.74) is 8.21. The zero-order chi connectivity index (χ0) is 12.5. The van der Waals surface area contributed by atoms with Crippen LogP contribution >= 0.6 is 11.8 Å². The molecule has 2 heterocycles. The lowest BCUT2D eigenvalue weighted by Gasteiger charge is -2.07. The standard InChI is InChI=1S/C13H15N3OS/c1-8-4-2-3-5-9(8)12-15-13(17-16-12)10-6-18-7-11(10)14/h2-5,10-11H,6-7,14H2,1H3. The van der Waals surface area contributed by atoms with Crippen LogP contribution in [0.3, 0.4) is 0 Å². The molecule has 4 nitrogen and oxygen atoms in total. The summed E-state index contributed by atoms with van der Waals surface area (Å²) in [6.45, 7) is 2.04. The Balaban J connectivity index is 1.92. The maximum absolute atomic E-state index is 6.04. The molecule has 94 valence electrons. The largest absolute Gasteiger partial charge is 0.339 e. The molecule has 2 atom stereocenters. The van der Waals surface area contributed by atoms with Gasteiger partial charge in [0.15, 0.2) is 0 Å². The molecular weight excluding hydrogens is 246 g/mol. The molecule has 1 aliphatic rings. The zero-order valence-corrected chi connectivity index (χ0v) is 11.0. The summed E-state index contributed by atoms with van der Waals surface area (Å²) < 4.78 is 5.37. The van der Waals surface area contributed by atoms with Gasteiger partial charge in [0.1, 0.15) is 0 Å². The minimum atomic E-state index is 0.125. The number of nitrogens with zero attached hydrogens (tertiary/aromatic N) is 2. The third-order valence-electron chi connectivity index (χ3n) is 3.27. The summed E-state index contributed by atoms with van der Waals surface area (Å²) in [4.78, 5) is 4.50. The molecule has 2 N–H and O–H groups in total. The molecule has 0 aliphatic carbocycles.